The minimum Gasteiger partial charge on any atom is -0.368 e. The van der Waals surface area contributed by atoms with E-state index in [2.05, 4.69) is 17.6 Å². The topological polar surface area (TPSA) is 50.4 Å². The molecule has 17 heavy (non-hydrogen) atoms. The number of unbranched alkanes of at least 4 members (excludes halogenated alkanes) is 1. The molecule has 1 rings (SSSR count). The number of carbonyl (C=O) groups excluding carboxylic acids is 1. The number of hydrogen-bond acceptors (Lipinski definition) is 3. The minimum absolute atomic E-state index is 0.0224. The molecule has 0 bridgehead atoms. The van der Waals surface area contributed by atoms with Crippen LogP contribution in [0.15, 0.2) is 0 Å². The third-order valence-corrected chi connectivity index (χ3v) is 3.39. The number of ether oxygens (including phenoxy) is 1. The highest BCUT2D eigenvalue weighted by atomic mass is 16.5. The highest BCUT2D eigenvalue weighted by Gasteiger charge is 2.20. The lowest BCUT2D eigenvalue weighted by molar-refractivity contribution is -0.128. The highest BCUT2D eigenvalue weighted by molar-refractivity contribution is 5.77. The molecule has 2 N–H and O–H groups in total. The molecule has 0 aromatic carbocycles. The van der Waals surface area contributed by atoms with Crippen molar-refractivity contribution in [2.45, 2.75) is 57.6 Å². The lowest BCUT2D eigenvalue weighted by Gasteiger charge is -2.28. The Balaban J connectivity index is 2.04. The van der Waals surface area contributed by atoms with Crippen molar-refractivity contribution < 1.29 is 9.53 Å². The van der Waals surface area contributed by atoms with Crippen LogP contribution in [0.25, 0.3) is 0 Å². The zero-order chi connectivity index (χ0) is 12.5. The van der Waals surface area contributed by atoms with Crippen LogP contribution in [0, 0.1) is 0 Å². The van der Waals surface area contributed by atoms with Crippen LogP contribution in [0.2, 0.25) is 0 Å². The average Bonchev–Trinajstić information content (AvgIpc) is 2.37. The first-order valence-electron chi connectivity index (χ1n) is 6.81. The Labute approximate surface area is 104 Å². The molecule has 1 fully saturated rings. The molecular formula is C13H26N2O2. The summed E-state index contributed by atoms with van der Waals surface area (Å²) >= 11 is 0. The van der Waals surface area contributed by atoms with Gasteiger partial charge in [-0.3, -0.25) is 4.79 Å². The summed E-state index contributed by atoms with van der Waals surface area (Å²) in [5.41, 5.74) is 0. The second kappa shape index (κ2) is 8.48. The van der Waals surface area contributed by atoms with Crippen molar-refractivity contribution in [3.05, 3.63) is 0 Å². The van der Waals surface area contributed by atoms with Crippen LogP contribution in [0.5, 0.6) is 0 Å². The second-order valence-electron chi connectivity index (χ2n) is 4.78. The number of carbonyl (C=O) groups is 1. The summed E-state index contributed by atoms with van der Waals surface area (Å²) in [6.07, 6.45) is 6.85. The first-order chi connectivity index (χ1) is 8.26. The maximum atomic E-state index is 11.4. The molecule has 1 saturated carbocycles. The zero-order valence-corrected chi connectivity index (χ0v) is 11.1. The molecular weight excluding hydrogens is 216 g/mol. The number of hydrogen-bond donors (Lipinski definition) is 2. The molecule has 0 spiro atoms. The molecule has 0 aliphatic heterocycles. The van der Waals surface area contributed by atoms with E-state index in [0.717, 1.165) is 45.1 Å². The molecule has 0 radical (unpaired) electrons. The summed E-state index contributed by atoms with van der Waals surface area (Å²) in [5, 5.41) is 6.16. The number of rotatable bonds is 7. The van der Waals surface area contributed by atoms with Gasteiger partial charge in [-0.15, -0.1) is 0 Å². The Kier molecular flexibility index (Phi) is 7.21. The summed E-state index contributed by atoms with van der Waals surface area (Å²) in [7, 11) is 2.01. The highest BCUT2D eigenvalue weighted by Crippen LogP contribution is 2.20. The van der Waals surface area contributed by atoms with Crippen molar-refractivity contribution in [3.8, 4) is 0 Å². The monoisotopic (exact) mass is 242 g/mol. The fraction of sp³-hybridized carbons (Fsp3) is 0.923. The van der Waals surface area contributed by atoms with Crippen molar-refractivity contribution in [1.82, 2.24) is 10.6 Å². The lowest BCUT2D eigenvalue weighted by Crippen LogP contribution is -2.35. The smallest absolute Gasteiger partial charge is 0.246 e. The van der Waals surface area contributed by atoms with Gasteiger partial charge in [0.2, 0.25) is 5.91 Å². The molecule has 0 aromatic rings. The lowest BCUT2D eigenvalue weighted by atomic mass is 9.93. The zero-order valence-electron chi connectivity index (χ0n) is 11.1. The molecule has 1 amide bonds. The standard InChI is InChI=1S/C13H26N2O2/c1-3-4-9-15-13(16)10-17-12-7-5-11(14-2)6-8-12/h11-12,14H,3-10H2,1-2H3,(H,15,16). The van der Waals surface area contributed by atoms with Gasteiger partial charge in [-0.2, -0.15) is 0 Å². The molecule has 0 unspecified atom stereocenters. The molecule has 0 aromatic heterocycles. The van der Waals surface area contributed by atoms with E-state index in [1.54, 1.807) is 0 Å². The van der Waals surface area contributed by atoms with Gasteiger partial charge in [0.1, 0.15) is 6.61 Å². The largest absolute Gasteiger partial charge is 0.368 e. The molecule has 1 aliphatic carbocycles. The fourth-order valence-corrected chi connectivity index (χ4v) is 2.17. The molecule has 4 heteroatoms. The maximum absolute atomic E-state index is 11.4. The van der Waals surface area contributed by atoms with Gasteiger partial charge < -0.3 is 15.4 Å². The van der Waals surface area contributed by atoms with Gasteiger partial charge in [0, 0.05) is 12.6 Å². The Hall–Kier alpha value is -0.610. The van der Waals surface area contributed by atoms with Crippen molar-refractivity contribution in [1.29, 1.82) is 0 Å². The van der Waals surface area contributed by atoms with E-state index in [1.807, 2.05) is 7.05 Å². The van der Waals surface area contributed by atoms with Gasteiger partial charge in [-0.05, 0) is 39.2 Å². The predicted molar refractivity (Wildman–Crippen MR) is 69.0 cm³/mol. The summed E-state index contributed by atoms with van der Waals surface area (Å²) < 4.78 is 5.63. The minimum atomic E-state index is 0.0224. The fourth-order valence-electron chi connectivity index (χ4n) is 2.17. The van der Waals surface area contributed by atoms with Crippen LogP contribution in [-0.4, -0.2) is 38.3 Å². The van der Waals surface area contributed by atoms with Crippen LogP contribution in [-0.2, 0) is 9.53 Å². The number of amides is 1. The molecule has 0 saturated heterocycles. The van der Waals surface area contributed by atoms with Crippen molar-refractivity contribution in [2.75, 3.05) is 20.2 Å². The van der Waals surface area contributed by atoms with E-state index in [4.69, 9.17) is 4.74 Å². The third-order valence-electron chi connectivity index (χ3n) is 3.39. The Morgan fingerprint density at radius 2 is 2.00 bits per heavy atom. The van der Waals surface area contributed by atoms with E-state index in [1.165, 1.54) is 0 Å². The molecule has 0 heterocycles. The molecule has 4 nitrogen and oxygen atoms in total. The third kappa shape index (κ3) is 6.03. The van der Waals surface area contributed by atoms with E-state index in [-0.39, 0.29) is 18.6 Å². The van der Waals surface area contributed by atoms with Gasteiger partial charge in [0.25, 0.3) is 0 Å². The Bertz CT molecular complexity index is 213. The first kappa shape index (κ1) is 14.5. The van der Waals surface area contributed by atoms with E-state index < -0.39 is 0 Å². The second-order valence-corrected chi connectivity index (χ2v) is 4.78. The van der Waals surface area contributed by atoms with Crippen molar-refractivity contribution in [2.24, 2.45) is 0 Å². The predicted octanol–water partition coefficient (Wildman–Crippen LogP) is 1.45. The summed E-state index contributed by atoms with van der Waals surface area (Å²) in [4.78, 5) is 11.4. The van der Waals surface area contributed by atoms with Crippen molar-refractivity contribution >= 4 is 5.91 Å². The van der Waals surface area contributed by atoms with Gasteiger partial charge in [-0.25, -0.2) is 0 Å². The number of nitrogens with one attached hydrogen (secondary N) is 2. The van der Waals surface area contributed by atoms with Crippen LogP contribution >= 0.6 is 0 Å². The molecule has 1 aliphatic rings. The van der Waals surface area contributed by atoms with E-state index >= 15 is 0 Å². The molecule has 100 valence electrons. The maximum Gasteiger partial charge on any atom is 0.246 e. The SMILES string of the molecule is CCCCNC(=O)COC1CCC(NC)CC1. The van der Waals surface area contributed by atoms with Crippen molar-refractivity contribution in [3.63, 3.8) is 0 Å². The van der Waals surface area contributed by atoms with Gasteiger partial charge in [0.15, 0.2) is 0 Å². The van der Waals surface area contributed by atoms with E-state index in [0.29, 0.717) is 6.04 Å². The Morgan fingerprint density at radius 1 is 1.29 bits per heavy atom. The van der Waals surface area contributed by atoms with Crippen LogP contribution in [0.1, 0.15) is 45.4 Å². The van der Waals surface area contributed by atoms with Crippen LogP contribution in [0.4, 0.5) is 0 Å². The van der Waals surface area contributed by atoms with E-state index in [9.17, 15) is 4.79 Å². The first-order valence-corrected chi connectivity index (χ1v) is 6.81. The van der Waals surface area contributed by atoms with Crippen LogP contribution < -0.4 is 10.6 Å². The summed E-state index contributed by atoms with van der Waals surface area (Å²) in [6.45, 7) is 3.10. The normalized spacial score (nSPS) is 24.6. The van der Waals surface area contributed by atoms with Gasteiger partial charge in [0.05, 0.1) is 6.10 Å². The van der Waals surface area contributed by atoms with Crippen LogP contribution in [0.3, 0.4) is 0 Å². The average molecular weight is 242 g/mol. The van der Waals surface area contributed by atoms with Gasteiger partial charge in [-0.1, -0.05) is 13.3 Å². The summed E-state index contributed by atoms with van der Waals surface area (Å²) in [6, 6.07) is 0.633. The molecule has 0 atom stereocenters. The van der Waals surface area contributed by atoms with Gasteiger partial charge >= 0.3 is 0 Å². The Morgan fingerprint density at radius 3 is 2.59 bits per heavy atom. The summed E-state index contributed by atoms with van der Waals surface area (Å²) in [5.74, 6) is 0.0224. The quantitative estimate of drug-likeness (QED) is 0.664.